The van der Waals surface area contributed by atoms with E-state index in [9.17, 15) is 0 Å². The van der Waals surface area contributed by atoms with Crippen molar-refractivity contribution in [2.75, 3.05) is 14.1 Å². The predicted molar refractivity (Wildman–Crippen MR) is 230 cm³/mol. The van der Waals surface area contributed by atoms with Crippen LogP contribution < -0.4 is 0 Å². The molecule has 3 nitrogen and oxygen atoms in total. The van der Waals surface area contributed by atoms with Gasteiger partial charge in [0.15, 0.2) is 5.79 Å². The topological polar surface area (TPSA) is 21.7 Å². The van der Waals surface area contributed by atoms with Crippen LogP contribution in [0.25, 0.3) is 0 Å². The van der Waals surface area contributed by atoms with Gasteiger partial charge in [-0.15, -0.1) is 0 Å². The number of ether oxygens (including phenoxy) is 2. The normalized spacial score (nSPS) is 27.8. The van der Waals surface area contributed by atoms with E-state index in [1.165, 1.54) is 167 Å². The third-order valence-electron chi connectivity index (χ3n) is 13.7. The van der Waals surface area contributed by atoms with Crippen molar-refractivity contribution in [1.82, 2.24) is 4.90 Å². The second-order valence-corrected chi connectivity index (χ2v) is 18.1. The molecule has 4 fully saturated rings. The molecule has 0 radical (unpaired) electrons. The molecule has 1 saturated heterocycles. The average Bonchev–Trinajstić information content (AvgIpc) is 3.85. The van der Waals surface area contributed by atoms with Gasteiger partial charge in [0, 0.05) is 18.9 Å². The number of allylic oxidation sites excluding steroid dienone is 8. The molecule has 0 spiro atoms. The van der Waals surface area contributed by atoms with Crippen LogP contribution >= 0.6 is 0 Å². The summed E-state index contributed by atoms with van der Waals surface area (Å²) in [5, 5.41) is 0. The van der Waals surface area contributed by atoms with Gasteiger partial charge in [0.1, 0.15) is 0 Å². The molecular weight excluding hydrogens is 647 g/mol. The zero-order valence-electron chi connectivity index (χ0n) is 35.6. The van der Waals surface area contributed by atoms with Gasteiger partial charge in [-0.25, -0.2) is 0 Å². The van der Waals surface area contributed by atoms with Crippen LogP contribution in [0.3, 0.4) is 0 Å². The summed E-state index contributed by atoms with van der Waals surface area (Å²) in [7, 11) is 4.62. The fourth-order valence-electron chi connectivity index (χ4n) is 10.7. The molecule has 53 heavy (non-hydrogen) atoms. The molecule has 0 aromatic heterocycles. The van der Waals surface area contributed by atoms with Crippen LogP contribution in [0.2, 0.25) is 0 Å². The second kappa shape index (κ2) is 26.6. The maximum absolute atomic E-state index is 7.15. The summed E-state index contributed by atoms with van der Waals surface area (Å²) < 4.78 is 14.3. The maximum Gasteiger partial charge on any atom is 0.169 e. The van der Waals surface area contributed by atoms with Gasteiger partial charge in [-0.1, -0.05) is 140 Å². The summed E-state index contributed by atoms with van der Waals surface area (Å²) >= 11 is 0. The van der Waals surface area contributed by atoms with Crippen molar-refractivity contribution in [3.05, 3.63) is 48.6 Å². The lowest BCUT2D eigenvalue weighted by Gasteiger charge is -2.43. The van der Waals surface area contributed by atoms with E-state index in [0.717, 1.165) is 55.4 Å². The molecule has 0 aromatic carbocycles. The zero-order chi connectivity index (χ0) is 37.4. The Morgan fingerprint density at radius 2 is 0.868 bits per heavy atom. The van der Waals surface area contributed by atoms with E-state index in [1.807, 2.05) is 0 Å². The van der Waals surface area contributed by atoms with Crippen LogP contribution in [0.15, 0.2) is 48.6 Å². The van der Waals surface area contributed by atoms with E-state index in [4.69, 9.17) is 9.47 Å². The number of hydrogen-bond acceptors (Lipinski definition) is 3. The quantitative estimate of drug-likeness (QED) is 0.0523. The monoisotopic (exact) mass is 734 g/mol. The lowest BCUT2D eigenvalue weighted by atomic mass is 9.67. The third kappa shape index (κ3) is 16.1. The smallest absolute Gasteiger partial charge is 0.169 e. The summed E-state index contributed by atoms with van der Waals surface area (Å²) in [4.78, 5) is 2.53. The lowest BCUT2D eigenvalue weighted by Crippen LogP contribution is -2.46. The Morgan fingerprint density at radius 1 is 0.453 bits per heavy atom. The molecule has 304 valence electrons. The van der Waals surface area contributed by atoms with E-state index in [1.54, 1.807) is 0 Å². The fraction of sp³-hybridized carbons (Fsp3) is 0.840. The molecule has 4 aliphatic rings. The van der Waals surface area contributed by atoms with Crippen LogP contribution in [0.5, 0.6) is 0 Å². The standard InChI is InChI=1S/C50H87NO2/c1-5-7-9-11-13-15-17-19-21-23-25-27-29-31-33-35-37-50(38-36-34-32-30-28-26-24-22-20-18-16-14-12-10-8-6-2)52-48-41-44-43-39-46(47(40-43)51(3)4)45(44)42-49(48)53-50/h13-16,19-22,43-49H,5-12,17-18,23-42H2,1-4H3/b15-13-,16-14-,21-19-,22-20-/t43?,44?,45?,46?,47?,48-,49-/m1/s1. The highest BCUT2D eigenvalue weighted by Crippen LogP contribution is 2.60. The Hall–Kier alpha value is -1.16. The van der Waals surface area contributed by atoms with Gasteiger partial charge < -0.3 is 14.4 Å². The van der Waals surface area contributed by atoms with Gasteiger partial charge in [-0.2, -0.15) is 0 Å². The minimum Gasteiger partial charge on any atom is -0.344 e. The highest BCUT2D eigenvalue weighted by Gasteiger charge is 2.60. The summed E-state index contributed by atoms with van der Waals surface area (Å²) in [5.74, 6) is 3.27. The van der Waals surface area contributed by atoms with Crippen molar-refractivity contribution in [2.45, 2.75) is 231 Å². The first-order valence-corrected chi connectivity index (χ1v) is 23.7. The first kappa shape index (κ1) is 44.6. The molecule has 0 amide bonds. The average molecular weight is 734 g/mol. The first-order chi connectivity index (χ1) is 26.1. The summed E-state index contributed by atoms with van der Waals surface area (Å²) in [6, 6.07) is 0.793. The first-order valence-electron chi connectivity index (χ1n) is 23.7. The van der Waals surface area contributed by atoms with Crippen LogP contribution in [-0.4, -0.2) is 43.0 Å². The van der Waals surface area contributed by atoms with Crippen LogP contribution in [-0.2, 0) is 9.47 Å². The number of rotatable bonds is 31. The van der Waals surface area contributed by atoms with Gasteiger partial charge in [0.2, 0.25) is 0 Å². The molecule has 2 bridgehead atoms. The Morgan fingerprint density at radius 3 is 1.32 bits per heavy atom. The van der Waals surface area contributed by atoms with Crippen LogP contribution in [0.1, 0.15) is 206 Å². The van der Waals surface area contributed by atoms with E-state index in [0.29, 0.717) is 12.2 Å². The molecule has 0 N–H and O–H groups in total. The molecule has 7 atom stereocenters. The van der Waals surface area contributed by atoms with Gasteiger partial charge >= 0.3 is 0 Å². The number of hydrogen-bond donors (Lipinski definition) is 0. The van der Waals surface area contributed by atoms with Crippen molar-refractivity contribution >= 4 is 0 Å². The molecule has 4 rings (SSSR count). The highest BCUT2D eigenvalue weighted by atomic mass is 16.8. The zero-order valence-corrected chi connectivity index (χ0v) is 35.6. The molecule has 5 unspecified atom stereocenters. The van der Waals surface area contributed by atoms with E-state index in [-0.39, 0.29) is 5.79 Å². The SMILES string of the molecule is CCCCC/C=C\C/C=C\CCCCCCCCC1(CCCCCCCC/C=C\C/C=C\CCCCC)O[C@@H]2CC3C4CC(C3C[C@H]2O1)C(N(C)C)C4. The Bertz CT molecular complexity index is 994. The minimum atomic E-state index is -0.307. The second-order valence-electron chi connectivity index (χ2n) is 18.1. The highest BCUT2D eigenvalue weighted by molar-refractivity contribution is 5.08. The largest absolute Gasteiger partial charge is 0.344 e. The maximum atomic E-state index is 7.15. The van der Waals surface area contributed by atoms with Gasteiger partial charge in [0.05, 0.1) is 12.2 Å². The van der Waals surface area contributed by atoms with Gasteiger partial charge in [-0.05, 0) is 141 Å². The molecule has 3 saturated carbocycles. The van der Waals surface area contributed by atoms with E-state index in [2.05, 4.69) is 81.5 Å². The molecule has 3 aliphatic carbocycles. The number of nitrogens with zero attached hydrogens (tertiary/aromatic N) is 1. The number of fused-ring (bicyclic) bond motifs is 6. The minimum absolute atomic E-state index is 0.307. The molecule has 0 aromatic rings. The number of unbranched alkanes of at least 4 members (excludes halogenated alkanes) is 18. The van der Waals surface area contributed by atoms with E-state index < -0.39 is 0 Å². The predicted octanol–water partition coefficient (Wildman–Crippen LogP) is 14.9. The van der Waals surface area contributed by atoms with Gasteiger partial charge in [-0.3, -0.25) is 0 Å². The van der Waals surface area contributed by atoms with Gasteiger partial charge in [0.25, 0.3) is 0 Å². The summed E-state index contributed by atoms with van der Waals surface area (Å²) in [6.45, 7) is 4.55. The third-order valence-corrected chi connectivity index (χ3v) is 13.7. The summed E-state index contributed by atoms with van der Waals surface area (Å²) in [5.41, 5.74) is 0. The summed E-state index contributed by atoms with van der Waals surface area (Å²) in [6.07, 6.45) is 58.5. The van der Waals surface area contributed by atoms with Crippen LogP contribution in [0.4, 0.5) is 0 Å². The lowest BCUT2D eigenvalue weighted by molar-refractivity contribution is -0.186. The van der Waals surface area contributed by atoms with E-state index >= 15 is 0 Å². The Balaban J connectivity index is 1.11. The van der Waals surface area contributed by atoms with Crippen molar-refractivity contribution in [2.24, 2.45) is 23.7 Å². The molecular formula is C50H87NO2. The van der Waals surface area contributed by atoms with Crippen molar-refractivity contribution < 1.29 is 9.47 Å². The Labute approximate surface area is 330 Å². The van der Waals surface area contributed by atoms with Crippen molar-refractivity contribution in [3.63, 3.8) is 0 Å². The molecule has 3 heteroatoms. The van der Waals surface area contributed by atoms with Crippen molar-refractivity contribution in [1.29, 1.82) is 0 Å². The molecule has 1 aliphatic heterocycles. The fourth-order valence-corrected chi connectivity index (χ4v) is 10.7. The Kier molecular flexibility index (Phi) is 22.4. The van der Waals surface area contributed by atoms with Crippen LogP contribution in [0, 0.1) is 23.7 Å². The van der Waals surface area contributed by atoms with Crippen molar-refractivity contribution in [3.8, 4) is 0 Å². The molecule has 1 heterocycles.